The molecule has 0 atom stereocenters. The molecule has 6 aromatic rings. The predicted molar refractivity (Wildman–Crippen MR) is 135 cm³/mol. The van der Waals surface area contributed by atoms with Gasteiger partial charge in [0.05, 0.1) is 10.2 Å². The maximum Gasteiger partial charge on any atom is 0.291 e. The number of nitrogens with zero attached hydrogens (tertiary/aromatic N) is 5. The molecule has 6 nitrogen and oxygen atoms in total. The monoisotopic (exact) mass is 499 g/mol. The summed E-state index contributed by atoms with van der Waals surface area (Å²) >= 11 is 7.21. The fourth-order valence-corrected chi connectivity index (χ4v) is 4.76. The van der Waals surface area contributed by atoms with E-state index in [9.17, 15) is 9.18 Å². The van der Waals surface area contributed by atoms with Crippen LogP contribution in [0.1, 0.15) is 5.56 Å². The summed E-state index contributed by atoms with van der Waals surface area (Å²) in [5, 5.41) is 9.74. The molecular weight excluding hydrogens is 485 g/mol. The Balaban J connectivity index is 1.48. The highest BCUT2D eigenvalue weighted by molar-refractivity contribution is 7.15. The van der Waals surface area contributed by atoms with E-state index in [2.05, 4.69) is 10.1 Å². The predicted octanol–water partition coefficient (Wildman–Crippen LogP) is 5.01. The van der Waals surface area contributed by atoms with Crippen molar-refractivity contribution in [3.8, 4) is 28.3 Å². The number of halogens is 2. The van der Waals surface area contributed by atoms with Crippen LogP contribution in [0.15, 0.2) is 89.9 Å². The van der Waals surface area contributed by atoms with Crippen LogP contribution in [0.5, 0.6) is 0 Å². The molecule has 170 valence electrons. The molecule has 0 unspecified atom stereocenters. The van der Waals surface area contributed by atoms with Crippen LogP contribution in [0, 0.1) is 5.82 Å². The number of hydrogen-bond donors (Lipinski definition) is 0. The molecule has 9 heteroatoms. The highest BCUT2D eigenvalue weighted by Crippen LogP contribution is 2.25. The van der Waals surface area contributed by atoms with Gasteiger partial charge in [0.25, 0.3) is 5.56 Å². The SMILES string of the molecule is O=c1/c(=C\c2cn(-c3ccccc3)nc2-c2ccc(F)cc2)sc2nc(-c3ccc(Cl)cc3)nn12. The number of aromatic nitrogens is 5. The quantitative estimate of drug-likeness (QED) is 0.342. The number of benzene rings is 3. The zero-order valence-electron chi connectivity index (χ0n) is 18.0. The lowest BCUT2D eigenvalue weighted by Gasteiger charge is -2.00. The van der Waals surface area contributed by atoms with E-state index in [1.54, 1.807) is 35.0 Å². The topological polar surface area (TPSA) is 65.1 Å². The van der Waals surface area contributed by atoms with Crippen molar-refractivity contribution in [1.82, 2.24) is 24.4 Å². The summed E-state index contributed by atoms with van der Waals surface area (Å²) in [5.41, 5.74) is 3.47. The highest BCUT2D eigenvalue weighted by atomic mass is 35.5. The van der Waals surface area contributed by atoms with E-state index in [1.807, 2.05) is 48.7 Å². The summed E-state index contributed by atoms with van der Waals surface area (Å²) in [4.78, 5) is 18.2. The fraction of sp³-hybridized carbons (Fsp3) is 0. The first-order valence-corrected chi connectivity index (χ1v) is 11.8. The van der Waals surface area contributed by atoms with Crippen LogP contribution >= 0.6 is 22.9 Å². The summed E-state index contributed by atoms with van der Waals surface area (Å²) < 4.78 is 17.1. The maximum atomic E-state index is 13.5. The van der Waals surface area contributed by atoms with Gasteiger partial charge in [0.1, 0.15) is 11.5 Å². The summed E-state index contributed by atoms with van der Waals surface area (Å²) in [5.74, 6) is 0.131. The first-order valence-electron chi connectivity index (χ1n) is 10.6. The van der Waals surface area contributed by atoms with Crippen molar-refractivity contribution in [3.05, 3.63) is 116 Å². The minimum Gasteiger partial charge on any atom is -0.266 e. The Bertz CT molecular complexity index is 1770. The van der Waals surface area contributed by atoms with Crippen molar-refractivity contribution in [2.24, 2.45) is 0 Å². The van der Waals surface area contributed by atoms with Crippen LogP contribution in [-0.2, 0) is 0 Å². The summed E-state index contributed by atoms with van der Waals surface area (Å²) in [7, 11) is 0. The van der Waals surface area contributed by atoms with E-state index >= 15 is 0 Å². The van der Waals surface area contributed by atoms with Crippen molar-refractivity contribution in [3.63, 3.8) is 0 Å². The lowest BCUT2D eigenvalue weighted by atomic mass is 10.1. The van der Waals surface area contributed by atoms with Gasteiger partial charge in [-0.15, -0.1) is 5.10 Å². The fourth-order valence-electron chi connectivity index (χ4n) is 3.73. The first kappa shape index (κ1) is 21.4. The molecule has 35 heavy (non-hydrogen) atoms. The Morgan fingerprint density at radius 3 is 2.31 bits per heavy atom. The average molecular weight is 500 g/mol. The van der Waals surface area contributed by atoms with E-state index in [1.165, 1.54) is 28.0 Å². The molecule has 0 bridgehead atoms. The zero-order valence-corrected chi connectivity index (χ0v) is 19.5. The van der Waals surface area contributed by atoms with Gasteiger partial charge < -0.3 is 0 Å². The number of para-hydroxylation sites is 1. The van der Waals surface area contributed by atoms with Crippen LogP contribution in [0.3, 0.4) is 0 Å². The van der Waals surface area contributed by atoms with Gasteiger partial charge in [0, 0.05) is 27.9 Å². The largest absolute Gasteiger partial charge is 0.291 e. The number of rotatable bonds is 4. The van der Waals surface area contributed by atoms with Crippen molar-refractivity contribution in [2.75, 3.05) is 0 Å². The molecule has 3 aromatic heterocycles. The van der Waals surface area contributed by atoms with Gasteiger partial charge in [0.2, 0.25) is 4.96 Å². The highest BCUT2D eigenvalue weighted by Gasteiger charge is 2.15. The molecule has 0 fully saturated rings. The Labute approximate surface area is 207 Å². The van der Waals surface area contributed by atoms with Gasteiger partial charge in [0.15, 0.2) is 5.82 Å². The Morgan fingerprint density at radius 1 is 0.886 bits per heavy atom. The molecule has 0 aliphatic rings. The van der Waals surface area contributed by atoms with Crippen molar-refractivity contribution >= 4 is 34.0 Å². The molecule has 3 aromatic carbocycles. The van der Waals surface area contributed by atoms with Crippen LogP contribution < -0.4 is 10.1 Å². The average Bonchev–Trinajstić information content (AvgIpc) is 3.56. The second-order valence-corrected chi connectivity index (χ2v) is 9.22. The Kier molecular flexibility index (Phi) is 5.24. The van der Waals surface area contributed by atoms with Crippen molar-refractivity contribution in [2.45, 2.75) is 0 Å². The third-order valence-corrected chi connectivity index (χ3v) is 6.66. The normalized spacial score (nSPS) is 12.0. The lowest BCUT2D eigenvalue weighted by molar-refractivity contribution is 0.628. The third-order valence-electron chi connectivity index (χ3n) is 5.45. The molecule has 3 heterocycles. The Morgan fingerprint density at radius 2 is 1.60 bits per heavy atom. The van der Waals surface area contributed by atoms with Gasteiger partial charge in [-0.05, 0) is 66.7 Å². The minimum absolute atomic E-state index is 0.268. The lowest BCUT2D eigenvalue weighted by Crippen LogP contribution is -2.23. The molecule has 0 aliphatic carbocycles. The molecule has 0 saturated heterocycles. The summed E-state index contributed by atoms with van der Waals surface area (Å²) in [6.07, 6.45) is 3.62. The van der Waals surface area contributed by atoms with E-state index in [0.717, 1.165) is 22.4 Å². The van der Waals surface area contributed by atoms with E-state index < -0.39 is 0 Å². The molecule has 0 spiro atoms. The Hall–Kier alpha value is -4.14. The molecule has 0 N–H and O–H groups in total. The zero-order chi connectivity index (χ0) is 23.9. The minimum atomic E-state index is -0.328. The second-order valence-electron chi connectivity index (χ2n) is 7.77. The van der Waals surface area contributed by atoms with Gasteiger partial charge in [-0.1, -0.05) is 41.1 Å². The number of thiazole rings is 1. The van der Waals surface area contributed by atoms with Gasteiger partial charge >= 0.3 is 0 Å². The van der Waals surface area contributed by atoms with E-state index in [-0.39, 0.29) is 11.4 Å². The molecule has 0 radical (unpaired) electrons. The number of fused-ring (bicyclic) bond motifs is 1. The molecule has 0 saturated carbocycles. The first-order chi connectivity index (χ1) is 17.0. The van der Waals surface area contributed by atoms with Crippen LogP contribution in [0.25, 0.3) is 39.4 Å². The second kappa shape index (κ2) is 8.57. The summed E-state index contributed by atoms with van der Waals surface area (Å²) in [6.45, 7) is 0. The molecule has 0 aliphatic heterocycles. The number of hydrogen-bond acceptors (Lipinski definition) is 5. The van der Waals surface area contributed by atoms with E-state index in [4.69, 9.17) is 16.7 Å². The van der Waals surface area contributed by atoms with Crippen molar-refractivity contribution in [1.29, 1.82) is 0 Å². The van der Waals surface area contributed by atoms with Crippen molar-refractivity contribution < 1.29 is 4.39 Å². The smallest absolute Gasteiger partial charge is 0.266 e. The third kappa shape index (κ3) is 4.03. The van der Waals surface area contributed by atoms with Crippen LogP contribution in [0.4, 0.5) is 4.39 Å². The molecule has 6 rings (SSSR count). The van der Waals surface area contributed by atoms with Gasteiger partial charge in [-0.3, -0.25) is 4.79 Å². The standard InChI is InChI=1S/C26H15ClFN5OS/c27-19-10-6-17(7-11-19)24-29-26-33(31-24)25(34)22(35-26)14-18-15-32(21-4-2-1-3-5-21)30-23(18)16-8-12-20(28)13-9-16/h1-15H/b22-14+. The van der Waals surface area contributed by atoms with Gasteiger partial charge in [-0.25, -0.2) is 9.07 Å². The van der Waals surface area contributed by atoms with E-state index in [0.29, 0.717) is 26.0 Å². The molecular formula is C26H15ClFN5OS. The molecule has 0 amide bonds. The summed E-state index contributed by atoms with van der Waals surface area (Å²) in [6, 6.07) is 22.9. The van der Waals surface area contributed by atoms with Crippen LogP contribution in [0.2, 0.25) is 5.02 Å². The van der Waals surface area contributed by atoms with Crippen LogP contribution in [-0.4, -0.2) is 24.4 Å². The maximum absolute atomic E-state index is 13.5. The van der Waals surface area contributed by atoms with Gasteiger partial charge in [-0.2, -0.15) is 14.6 Å².